The molecule has 9 heteroatoms. The number of hydrogen-bond acceptors (Lipinski definition) is 5. The minimum atomic E-state index is -2.10. The molecule has 5 nitrogen and oxygen atoms in total. The van der Waals surface area contributed by atoms with Crippen molar-refractivity contribution in [2.75, 3.05) is 6.54 Å². The van der Waals surface area contributed by atoms with Crippen LogP contribution < -0.4 is 5.32 Å². The fourth-order valence-electron chi connectivity index (χ4n) is 7.99. The van der Waals surface area contributed by atoms with Gasteiger partial charge >= 0.3 is 0 Å². The Bertz CT molecular complexity index is 1100. The second-order valence-electron chi connectivity index (χ2n) is 14.9. The van der Waals surface area contributed by atoms with Gasteiger partial charge in [0, 0.05) is 12.6 Å². The Balaban J connectivity index is 1.65. The summed E-state index contributed by atoms with van der Waals surface area (Å²) in [6.45, 7) is 27.9. The maximum Gasteiger partial charge on any atom is 0.190 e. The third-order valence-corrected chi connectivity index (χ3v) is 76.0. The van der Waals surface area contributed by atoms with Crippen molar-refractivity contribution in [1.29, 1.82) is 0 Å². The average Bonchev–Trinajstić information content (AvgIpc) is 3.23. The molecule has 2 aliphatic heterocycles. The van der Waals surface area contributed by atoms with E-state index in [4.69, 9.17) is 18.6 Å². The van der Waals surface area contributed by atoms with Gasteiger partial charge in [0.25, 0.3) is 0 Å². The summed E-state index contributed by atoms with van der Waals surface area (Å²) >= 11 is 0. The summed E-state index contributed by atoms with van der Waals surface area (Å²) in [6, 6.07) is 15.4. The van der Waals surface area contributed by atoms with Gasteiger partial charge in [0.05, 0.1) is 22.8 Å². The van der Waals surface area contributed by atoms with Gasteiger partial charge in [-0.15, -0.1) is 0 Å². The molecule has 2 aromatic carbocycles. The van der Waals surface area contributed by atoms with Crippen LogP contribution in [0.15, 0.2) is 42.5 Å². The first kappa shape index (κ1) is 30.3. The molecule has 0 aromatic heterocycles. The van der Waals surface area contributed by atoms with Crippen molar-refractivity contribution in [3.8, 4) is 0 Å². The van der Waals surface area contributed by atoms with Gasteiger partial charge in [-0.05, 0) is 37.1 Å². The Morgan fingerprint density at radius 3 is 2.03 bits per heavy atom. The minimum Gasteiger partial charge on any atom is -0.417 e. The third-order valence-electron chi connectivity index (χ3n) is 8.48. The van der Waals surface area contributed by atoms with Crippen LogP contribution >= 0.6 is 0 Å². The molecule has 0 radical (unpaired) electrons. The molecule has 4 rings (SSSR count). The van der Waals surface area contributed by atoms with Crippen LogP contribution in [0.3, 0.4) is 0 Å². The molecule has 0 unspecified atom stereocenters. The fraction of sp³-hybridized carbons (Fsp3) is 0.655. The van der Waals surface area contributed by atoms with E-state index in [0.29, 0.717) is 6.54 Å². The number of fused-ring (bicyclic) bond motifs is 2. The van der Waals surface area contributed by atoms with Crippen molar-refractivity contribution in [2.45, 2.75) is 116 Å². The first-order valence-corrected chi connectivity index (χ1v) is 29.7. The predicted octanol–water partition coefficient (Wildman–Crippen LogP) is 6.95. The van der Waals surface area contributed by atoms with E-state index >= 15 is 0 Å². The van der Waals surface area contributed by atoms with Crippen LogP contribution in [0.5, 0.6) is 0 Å². The van der Waals surface area contributed by atoms with E-state index in [9.17, 15) is 0 Å². The van der Waals surface area contributed by atoms with Crippen LogP contribution in [0.2, 0.25) is 58.9 Å². The third kappa shape index (κ3) is 5.47. The molecule has 2 heterocycles. The number of benzene rings is 2. The molecular weight excluding hydrogens is 539 g/mol. The second-order valence-corrected chi connectivity index (χ2v) is 54.3. The first-order chi connectivity index (χ1) is 17.4. The zero-order valence-corrected chi connectivity index (χ0v) is 29.8. The van der Waals surface area contributed by atoms with Crippen LogP contribution in [0, 0.1) is 0 Å². The van der Waals surface area contributed by atoms with E-state index in [-0.39, 0.29) is 30.6 Å². The molecular formula is C29H51NO4Si4. The van der Waals surface area contributed by atoms with Gasteiger partial charge < -0.3 is 24.0 Å². The molecule has 0 aliphatic carbocycles. The summed E-state index contributed by atoms with van der Waals surface area (Å²) in [6.07, 6.45) is -0.813. The average molecular weight is 590 g/mol. The van der Waals surface area contributed by atoms with Gasteiger partial charge in [-0.1, -0.05) is 101 Å². The number of nitrogens with one attached hydrogen (secondary N) is 1. The summed E-state index contributed by atoms with van der Waals surface area (Å²) in [5, 5.41) is 6.37. The number of rotatable bonds is 9. The molecule has 2 fully saturated rings. The van der Waals surface area contributed by atoms with E-state index in [1.54, 1.807) is 0 Å². The molecule has 2 aromatic rings. The zero-order chi connectivity index (χ0) is 28.3. The number of ether oxygens (including phenoxy) is 3. The smallest absolute Gasteiger partial charge is 0.190 e. The SMILES string of the molecule is C[C@@H](NC[C@H]1O[C@@H]2OC(C)(C)O[C@@H]2[C@H]1O[Si]([Si](C)(C)C)([Si](C)(C)C)[Si](C)(C)C)c1cccc2ccccc12. The molecule has 212 valence electrons. The lowest BCUT2D eigenvalue weighted by Crippen LogP contribution is -2.85. The fourth-order valence-corrected chi connectivity index (χ4v) is 102. The summed E-state index contributed by atoms with van der Waals surface area (Å²) in [5.41, 5.74) is 1.31. The van der Waals surface area contributed by atoms with Gasteiger partial charge in [0.15, 0.2) is 18.9 Å². The van der Waals surface area contributed by atoms with E-state index in [2.05, 4.69) is 114 Å². The van der Waals surface area contributed by atoms with E-state index in [1.807, 2.05) is 13.8 Å². The highest BCUT2D eigenvalue weighted by Crippen LogP contribution is 2.45. The Labute approximate surface area is 234 Å². The maximum atomic E-state index is 7.77. The summed E-state index contributed by atoms with van der Waals surface area (Å²) in [4.78, 5) is 0. The van der Waals surface area contributed by atoms with Crippen LogP contribution in [0.1, 0.15) is 32.4 Å². The maximum absolute atomic E-state index is 7.77. The standard InChI is InChI=1S/C29H51NO4Si4/c1-21(23-19-15-17-22-16-13-14-18-24(22)23)30-20-25-26(27-28(31-25)33-29(2,3)32-27)34-38(35(4,5)6,36(7,8)9)37(10,11)12/h13-19,21,25-28,30H,20H2,1-12H3/t21-,25-,26+,27-,28-/m1/s1. The van der Waals surface area contributed by atoms with Crippen molar-refractivity contribution in [3.05, 3.63) is 48.0 Å². The molecule has 0 spiro atoms. The zero-order valence-electron chi connectivity index (χ0n) is 25.8. The van der Waals surface area contributed by atoms with Crippen molar-refractivity contribution in [1.82, 2.24) is 5.32 Å². The van der Waals surface area contributed by atoms with Gasteiger partial charge in [0.1, 0.15) is 18.3 Å². The number of hydrogen-bond donors (Lipinski definition) is 1. The minimum absolute atomic E-state index is 0.116. The molecule has 1 N–H and O–H groups in total. The highest BCUT2D eigenvalue weighted by atomic mass is 29.9. The second kappa shape index (κ2) is 10.3. The molecule has 0 saturated carbocycles. The molecule has 0 amide bonds. The normalized spacial score (nSPS) is 27.1. The highest BCUT2D eigenvalue weighted by Gasteiger charge is 2.67. The summed E-state index contributed by atoms with van der Waals surface area (Å²) in [7, 11) is -4.93. The van der Waals surface area contributed by atoms with E-state index in [0.717, 1.165) is 0 Å². The topological polar surface area (TPSA) is 49.0 Å². The molecule has 38 heavy (non-hydrogen) atoms. The quantitative estimate of drug-likeness (QED) is 0.321. The highest BCUT2D eigenvalue weighted by molar-refractivity contribution is 7.87. The van der Waals surface area contributed by atoms with Crippen LogP contribution in [-0.4, -0.2) is 66.6 Å². The first-order valence-electron chi connectivity index (χ1n) is 14.3. The Kier molecular flexibility index (Phi) is 8.24. The summed E-state index contributed by atoms with van der Waals surface area (Å²) < 4.78 is 27.2. The van der Waals surface area contributed by atoms with E-state index in [1.165, 1.54) is 16.3 Å². The molecule has 0 bridgehead atoms. The van der Waals surface area contributed by atoms with Gasteiger partial charge in [-0.25, -0.2) is 0 Å². The van der Waals surface area contributed by atoms with Crippen LogP contribution in [-0.2, 0) is 18.6 Å². The molecule has 2 saturated heterocycles. The lowest BCUT2D eigenvalue weighted by atomic mass is 9.99. The largest absolute Gasteiger partial charge is 0.417 e. The van der Waals surface area contributed by atoms with Crippen molar-refractivity contribution in [3.63, 3.8) is 0 Å². The van der Waals surface area contributed by atoms with Crippen LogP contribution in [0.25, 0.3) is 10.8 Å². The van der Waals surface area contributed by atoms with Crippen molar-refractivity contribution >= 4 is 40.4 Å². The van der Waals surface area contributed by atoms with Gasteiger partial charge in [-0.3, -0.25) is 0 Å². The van der Waals surface area contributed by atoms with Crippen LogP contribution in [0.4, 0.5) is 0 Å². The lowest BCUT2D eigenvalue weighted by molar-refractivity contribution is -0.212. The Hall–Kier alpha value is -0.632. The molecule has 5 atom stereocenters. The molecule has 2 aliphatic rings. The Morgan fingerprint density at radius 2 is 1.42 bits per heavy atom. The van der Waals surface area contributed by atoms with Gasteiger partial charge in [-0.2, -0.15) is 0 Å². The van der Waals surface area contributed by atoms with Crippen molar-refractivity contribution < 1.29 is 18.6 Å². The monoisotopic (exact) mass is 589 g/mol. The van der Waals surface area contributed by atoms with Gasteiger partial charge in [0.2, 0.25) is 0 Å². The lowest BCUT2D eigenvalue weighted by Gasteiger charge is -2.57. The van der Waals surface area contributed by atoms with Crippen molar-refractivity contribution in [2.24, 2.45) is 0 Å². The van der Waals surface area contributed by atoms with E-state index < -0.39 is 35.4 Å². The summed E-state index contributed by atoms with van der Waals surface area (Å²) in [5.74, 6) is -0.659. The Morgan fingerprint density at radius 1 is 0.842 bits per heavy atom. The predicted molar refractivity (Wildman–Crippen MR) is 170 cm³/mol.